The zero-order valence-electron chi connectivity index (χ0n) is 11.3. The molecule has 0 atom stereocenters. The van der Waals surface area contributed by atoms with Gasteiger partial charge in [-0.25, -0.2) is 4.72 Å². The highest BCUT2D eigenvalue weighted by atomic mass is 32.2. The highest BCUT2D eigenvalue weighted by Gasteiger charge is 2.13. The smallest absolute Gasteiger partial charge is 0.202 e. The fourth-order valence-electron chi connectivity index (χ4n) is 2.02. The third kappa shape index (κ3) is 3.95. The Morgan fingerprint density at radius 1 is 1.37 bits per heavy atom. The summed E-state index contributed by atoms with van der Waals surface area (Å²) >= 11 is 1.91. The molecule has 0 aromatic heterocycles. The number of hydrogen-bond donors (Lipinski definition) is 1. The predicted octanol–water partition coefficient (Wildman–Crippen LogP) is 1.66. The van der Waals surface area contributed by atoms with Crippen molar-refractivity contribution in [2.45, 2.75) is 24.2 Å². The van der Waals surface area contributed by atoms with Gasteiger partial charge in [-0.3, -0.25) is 0 Å². The minimum atomic E-state index is -3.31. The molecule has 1 aromatic rings. The molecule has 1 heterocycles. The summed E-state index contributed by atoms with van der Waals surface area (Å²) in [6.07, 6.45) is 3.10. The Hall–Kier alpha value is -0.560. The largest absolute Gasteiger partial charge is 0.278 e. The third-order valence-corrected chi connectivity index (χ3v) is 5.88. The molecule has 106 valence electrons. The van der Waals surface area contributed by atoms with Gasteiger partial charge in [0.2, 0.25) is 0 Å². The van der Waals surface area contributed by atoms with Crippen LogP contribution in [0.1, 0.15) is 17.5 Å². The topological polar surface area (TPSA) is 49.4 Å². The highest BCUT2D eigenvalue weighted by molar-refractivity contribution is 7.99. The van der Waals surface area contributed by atoms with Gasteiger partial charge in [0.1, 0.15) is 0 Å². The number of nitrogens with zero attached hydrogens (tertiary/aromatic N) is 1. The van der Waals surface area contributed by atoms with E-state index in [-0.39, 0.29) is 0 Å². The normalized spacial score (nSPS) is 15.5. The van der Waals surface area contributed by atoms with Crippen molar-refractivity contribution in [1.29, 1.82) is 0 Å². The van der Waals surface area contributed by atoms with Crippen molar-refractivity contribution in [2.75, 3.05) is 26.4 Å². The molecule has 0 radical (unpaired) electrons. The van der Waals surface area contributed by atoms with Gasteiger partial charge >= 0.3 is 0 Å². The van der Waals surface area contributed by atoms with Crippen LogP contribution in [0.2, 0.25) is 0 Å². The number of hydrogen-bond acceptors (Lipinski definition) is 3. The molecule has 1 aliphatic heterocycles. The number of nitrogens with one attached hydrogen (secondary N) is 1. The molecule has 4 nitrogen and oxygen atoms in total. The Morgan fingerprint density at radius 2 is 2.16 bits per heavy atom. The second-order valence-corrected chi connectivity index (χ2v) is 7.93. The molecule has 2 rings (SSSR count). The van der Waals surface area contributed by atoms with Gasteiger partial charge in [-0.05, 0) is 42.2 Å². The van der Waals surface area contributed by atoms with Crippen LogP contribution in [0.4, 0.5) is 0 Å². The molecule has 0 amide bonds. The van der Waals surface area contributed by atoms with Gasteiger partial charge in [0.15, 0.2) is 0 Å². The van der Waals surface area contributed by atoms with Gasteiger partial charge in [0, 0.05) is 25.5 Å². The first-order valence-electron chi connectivity index (χ1n) is 6.41. The van der Waals surface area contributed by atoms with E-state index in [1.165, 1.54) is 46.6 Å². The highest BCUT2D eigenvalue weighted by Crippen LogP contribution is 2.30. The Morgan fingerprint density at radius 3 is 2.89 bits per heavy atom. The quantitative estimate of drug-likeness (QED) is 0.900. The zero-order valence-corrected chi connectivity index (χ0v) is 13.0. The van der Waals surface area contributed by atoms with Crippen molar-refractivity contribution in [3.05, 3.63) is 29.3 Å². The second kappa shape index (κ2) is 6.26. The molecule has 0 fully saturated rings. The van der Waals surface area contributed by atoms with Crippen molar-refractivity contribution in [2.24, 2.45) is 0 Å². The minimum Gasteiger partial charge on any atom is -0.202 e. The maximum absolute atomic E-state index is 11.6. The van der Waals surface area contributed by atoms with Crippen LogP contribution in [-0.4, -0.2) is 39.1 Å². The summed E-state index contributed by atoms with van der Waals surface area (Å²) in [7, 11) is -0.254. The average Bonchev–Trinajstić information content (AvgIpc) is 2.38. The number of rotatable bonds is 5. The van der Waals surface area contributed by atoms with Crippen molar-refractivity contribution in [1.82, 2.24) is 9.03 Å². The number of fused-ring (bicyclic) bond motifs is 1. The molecule has 0 aliphatic carbocycles. The lowest BCUT2D eigenvalue weighted by molar-refractivity contribution is 0.506. The molecular formula is C13H20N2O2S2. The van der Waals surface area contributed by atoms with Crippen molar-refractivity contribution in [3.63, 3.8) is 0 Å². The van der Waals surface area contributed by atoms with Crippen LogP contribution >= 0.6 is 11.8 Å². The van der Waals surface area contributed by atoms with Gasteiger partial charge in [-0.2, -0.15) is 12.7 Å². The molecule has 0 saturated heterocycles. The van der Waals surface area contributed by atoms with E-state index < -0.39 is 10.2 Å². The lowest BCUT2D eigenvalue weighted by Crippen LogP contribution is -2.36. The van der Waals surface area contributed by atoms with E-state index >= 15 is 0 Å². The van der Waals surface area contributed by atoms with Crippen LogP contribution in [0, 0.1) is 0 Å². The molecule has 6 heteroatoms. The van der Waals surface area contributed by atoms with E-state index in [9.17, 15) is 8.42 Å². The van der Waals surface area contributed by atoms with E-state index in [1.54, 1.807) is 0 Å². The fraction of sp³-hybridized carbons (Fsp3) is 0.538. The van der Waals surface area contributed by atoms with E-state index in [4.69, 9.17) is 0 Å². The predicted molar refractivity (Wildman–Crippen MR) is 79.8 cm³/mol. The Labute approximate surface area is 119 Å². The van der Waals surface area contributed by atoms with Gasteiger partial charge in [-0.15, -0.1) is 11.8 Å². The monoisotopic (exact) mass is 300 g/mol. The second-order valence-electron chi connectivity index (χ2n) is 4.83. The number of benzene rings is 1. The third-order valence-electron chi connectivity index (χ3n) is 3.15. The molecule has 0 unspecified atom stereocenters. The van der Waals surface area contributed by atoms with Gasteiger partial charge in [0.25, 0.3) is 10.2 Å². The first kappa shape index (κ1) is 14.8. The van der Waals surface area contributed by atoms with Crippen molar-refractivity contribution < 1.29 is 8.42 Å². The Balaban J connectivity index is 1.94. The summed E-state index contributed by atoms with van der Waals surface area (Å²) in [6.45, 7) is 0.437. The first-order chi connectivity index (χ1) is 8.99. The summed E-state index contributed by atoms with van der Waals surface area (Å²) in [5.41, 5.74) is 2.60. The van der Waals surface area contributed by atoms with Gasteiger partial charge in [-0.1, -0.05) is 12.1 Å². The van der Waals surface area contributed by atoms with E-state index in [0.717, 1.165) is 12.8 Å². The van der Waals surface area contributed by atoms with Crippen LogP contribution in [0.3, 0.4) is 0 Å². The number of aryl methyl sites for hydroxylation is 1. The lowest BCUT2D eigenvalue weighted by Gasteiger charge is -2.16. The van der Waals surface area contributed by atoms with Gasteiger partial charge < -0.3 is 0 Å². The van der Waals surface area contributed by atoms with E-state index in [2.05, 4.69) is 22.9 Å². The average molecular weight is 300 g/mol. The molecule has 1 aliphatic rings. The standard InChI is InChI=1S/C13H20N2O2S2/c1-15(2)19(16,17)14-8-7-11-5-6-13-12(10-11)4-3-9-18-13/h5-6,10,14H,3-4,7-9H2,1-2H3. The van der Waals surface area contributed by atoms with Crippen LogP contribution in [-0.2, 0) is 23.1 Å². The summed E-state index contributed by atoms with van der Waals surface area (Å²) in [6, 6.07) is 6.47. The molecule has 0 spiro atoms. The van der Waals surface area contributed by atoms with Crippen LogP contribution in [0.5, 0.6) is 0 Å². The molecule has 0 saturated carbocycles. The van der Waals surface area contributed by atoms with Crippen LogP contribution in [0.25, 0.3) is 0 Å². The van der Waals surface area contributed by atoms with Crippen molar-refractivity contribution in [3.8, 4) is 0 Å². The Kier molecular flexibility index (Phi) is 4.89. The van der Waals surface area contributed by atoms with Crippen LogP contribution < -0.4 is 4.72 Å². The zero-order chi connectivity index (χ0) is 13.9. The first-order valence-corrected chi connectivity index (χ1v) is 8.83. The van der Waals surface area contributed by atoms with E-state index in [0.29, 0.717) is 6.54 Å². The van der Waals surface area contributed by atoms with Crippen molar-refractivity contribution >= 4 is 22.0 Å². The SMILES string of the molecule is CN(C)S(=O)(=O)NCCc1ccc2c(c1)CCCS2. The van der Waals surface area contributed by atoms with E-state index in [1.807, 2.05) is 11.8 Å². The molecule has 19 heavy (non-hydrogen) atoms. The fourth-order valence-corrected chi connectivity index (χ4v) is 3.66. The molecule has 1 aromatic carbocycles. The maximum atomic E-state index is 11.6. The summed E-state index contributed by atoms with van der Waals surface area (Å²) in [5.74, 6) is 1.20. The minimum absolute atomic E-state index is 0.437. The Bertz CT molecular complexity index is 542. The summed E-state index contributed by atoms with van der Waals surface area (Å²) in [4.78, 5) is 1.38. The lowest BCUT2D eigenvalue weighted by atomic mass is 10.0. The molecule has 0 bridgehead atoms. The molecular weight excluding hydrogens is 280 g/mol. The van der Waals surface area contributed by atoms with Crippen LogP contribution in [0.15, 0.2) is 23.1 Å². The maximum Gasteiger partial charge on any atom is 0.278 e. The summed E-state index contributed by atoms with van der Waals surface area (Å²) < 4.78 is 26.9. The molecule has 1 N–H and O–H groups in total. The summed E-state index contributed by atoms with van der Waals surface area (Å²) in [5, 5.41) is 0. The van der Waals surface area contributed by atoms with Gasteiger partial charge in [0.05, 0.1) is 0 Å². The number of thioether (sulfide) groups is 1.